The molecule has 170 valence electrons. The minimum absolute atomic E-state index is 0.0707. The lowest BCUT2D eigenvalue weighted by Crippen LogP contribution is -2.20. The minimum atomic E-state index is -3.54. The van der Waals surface area contributed by atoms with E-state index in [1.54, 1.807) is 10.6 Å². The molecule has 0 bridgehead atoms. The molecule has 0 fully saturated rings. The standard InChI is InChI=1S/C22H19FN4O4S2/c23-19-9-15(7-6-14(19)11-24)26-21(29)20-12-25-22-27(20)16(13-32-22)3-2-8-33(30,31)18-5-1-4-17(28)10-18/h1,4-7,9-10,12,16,28H,2-3,8,13H2,(H,26,29). The third-order valence-corrected chi connectivity index (χ3v) is 8.15. The van der Waals surface area contributed by atoms with E-state index in [0.29, 0.717) is 29.4 Å². The van der Waals surface area contributed by atoms with Gasteiger partial charge in [-0.05, 0) is 49.2 Å². The number of sulfone groups is 1. The van der Waals surface area contributed by atoms with Crippen LogP contribution in [0, 0.1) is 17.1 Å². The number of hydrogen-bond acceptors (Lipinski definition) is 7. The van der Waals surface area contributed by atoms with Gasteiger partial charge in [0, 0.05) is 17.5 Å². The molecule has 11 heteroatoms. The lowest BCUT2D eigenvalue weighted by atomic mass is 10.2. The number of nitrogens with zero attached hydrogens (tertiary/aromatic N) is 3. The van der Waals surface area contributed by atoms with Crippen molar-refractivity contribution in [1.82, 2.24) is 9.55 Å². The maximum absolute atomic E-state index is 13.8. The summed E-state index contributed by atoms with van der Waals surface area (Å²) in [6.07, 6.45) is 2.32. The second-order valence-electron chi connectivity index (χ2n) is 7.48. The Kier molecular flexibility index (Phi) is 6.40. The number of halogens is 1. The van der Waals surface area contributed by atoms with E-state index in [2.05, 4.69) is 10.3 Å². The number of aromatic nitrogens is 2. The van der Waals surface area contributed by atoms with Crippen molar-refractivity contribution in [1.29, 1.82) is 5.26 Å². The molecule has 0 aliphatic carbocycles. The Hall–Kier alpha value is -3.36. The van der Waals surface area contributed by atoms with Crippen LogP contribution < -0.4 is 5.32 Å². The van der Waals surface area contributed by atoms with Gasteiger partial charge in [0.2, 0.25) is 0 Å². The Morgan fingerprint density at radius 1 is 1.33 bits per heavy atom. The SMILES string of the molecule is N#Cc1ccc(NC(=O)c2cnc3n2C(CCCS(=O)(=O)c2cccc(O)c2)CS3)cc1F. The molecule has 4 rings (SSSR count). The maximum Gasteiger partial charge on any atom is 0.273 e. The zero-order valence-electron chi connectivity index (χ0n) is 17.2. The Labute approximate surface area is 194 Å². The molecule has 0 saturated carbocycles. The number of nitriles is 1. The number of carbonyl (C=O) groups is 1. The van der Waals surface area contributed by atoms with Crippen LogP contribution in [0.25, 0.3) is 0 Å². The fourth-order valence-electron chi connectivity index (χ4n) is 3.61. The number of anilines is 1. The predicted octanol–water partition coefficient (Wildman–Crippen LogP) is 3.75. The summed E-state index contributed by atoms with van der Waals surface area (Å²) in [6, 6.07) is 11.0. The van der Waals surface area contributed by atoms with E-state index in [0.717, 1.165) is 6.07 Å². The molecule has 1 aromatic heterocycles. The van der Waals surface area contributed by atoms with E-state index in [4.69, 9.17) is 5.26 Å². The number of phenols is 1. The van der Waals surface area contributed by atoms with Gasteiger partial charge in [0.25, 0.3) is 5.91 Å². The van der Waals surface area contributed by atoms with Crippen LogP contribution in [0.5, 0.6) is 5.75 Å². The maximum atomic E-state index is 13.8. The van der Waals surface area contributed by atoms with Gasteiger partial charge in [-0.3, -0.25) is 4.79 Å². The highest BCUT2D eigenvalue weighted by Crippen LogP contribution is 2.37. The number of carbonyl (C=O) groups excluding carboxylic acids is 1. The van der Waals surface area contributed by atoms with E-state index in [1.165, 1.54) is 54.4 Å². The van der Waals surface area contributed by atoms with Gasteiger partial charge in [0.05, 0.1) is 22.4 Å². The van der Waals surface area contributed by atoms with Crippen molar-refractivity contribution in [2.24, 2.45) is 0 Å². The fraction of sp³-hybridized carbons (Fsp3) is 0.227. The normalized spacial score (nSPS) is 15.1. The largest absolute Gasteiger partial charge is 0.508 e. The van der Waals surface area contributed by atoms with Crippen LogP contribution >= 0.6 is 11.8 Å². The molecule has 1 amide bonds. The first kappa shape index (κ1) is 22.8. The summed E-state index contributed by atoms with van der Waals surface area (Å²) in [5.74, 6) is -0.744. The summed E-state index contributed by atoms with van der Waals surface area (Å²) in [5, 5.41) is 21.6. The van der Waals surface area contributed by atoms with E-state index < -0.39 is 21.6 Å². The number of thioether (sulfide) groups is 1. The van der Waals surface area contributed by atoms with Crippen LogP contribution in [0.2, 0.25) is 0 Å². The molecule has 2 heterocycles. The van der Waals surface area contributed by atoms with Gasteiger partial charge in [-0.25, -0.2) is 17.8 Å². The van der Waals surface area contributed by atoms with Crippen molar-refractivity contribution in [3.05, 3.63) is 65.7 Å². The van der Waals surface area contributed by atoms with E-state index >= 15 is 0 Å². The van der Waals surface area contributed by atoms with Crippen LogP contribution in [-0.2, 0) is 9.84 Å². The zero-order valence-corrected chi connectivity index (χ0v) is 18.9. The van der Waals surface area contributed by atoms with Gasteiger partial charge in [0.15, 0.2) is 15.0 Å². The molecule has 1 aliphatic heterocycles. The molecular formula is C22H19FN4O4S2. The number of amides is 1. The lowest BCUT2D eigenvalue weighted by molar-refractivity contribution is 0.101. The Morgan fingerprint density at radius 3 is 2.88 bits per heavy atom. The molecule has 2 aromatic carbocycles. The second-order valence-corrected chi connectivity index (χ2v) is 10.6. The number of nitrogens with one attached hydrogen (secondary N) is 1. The molecular weight excluding hydrogens is 467 g/mol. The first-order valence-electron chi connectivity index (χ1n) is 10.0. The number of aromatic hydroxyl groups is 1. The van der Waals surface area contributed by atoms with Gasteiger partial charge >= 0.3 is 0 Å². The van der Waals surface area contributed by atoms with Crippen molar-refractivity contribution in [3.8, 4) is 11.8 Å². The highest BCUT2D eigenvalue weighted by Gasteiger charge is 2.29. The minimum Gasteiger partial charge on any atom is -0.508 e. The van der Waals surface area contributed by atoms with Crippen molar-refractivity contribution >= 4 is 33.2 Å². The number of rotatable bonds is 7. The fourth-order valence-corrected chi connectivity index (χ4v) is 6.15. The Bertz CT molecular complexity index is 1360. The molecule has 0 saturated heterocycles. The van der Waals surface area contributed by atoms with Gasteiger partial charge in [0.1, 0.15) is 23.3 Å². The highest BCUT2D eigenvalue weighted by atomic mass is 32.2. The number of phenolic OH excluding ortho intramolecular Hbond substituents is 1. The predicted molar refractivity (Wildman–Crippen MR) is 120 cm³/mol. The Morgan fingerprint density at radius 2 is 2.15 bits per heavy atom. The first-order valence-corrected chi connectivity index (χ1v) is 12.6. The number of benzene rings is 2. The average Bonchev–Trinajstić information content (AvgIpc) is 3.37. The number of imidazole rings is 1. The number of hydrogen-bond donors (Lipinski definition) is 2. The van der Waals surface area contributed by atoms with Gasteiger partial charge in [-0.2, -0.15) is 5.26 Å². The van der Waals surface area contributed by atoms with Gasteiger partial charge in [-0.1, -0.05) is 17.8 Å². The molecule has 1 aliphatic rings. The molecule has 33 heavy (non-hydrogen) atoms. The molecule has 3 aromatic rings. The zero-order chi connectivity index (χ0) is 23.6. The summed E-state index contributed by atoms with van der Waals surface area (Å²) in [4.78, 5) is 17.1. The third kappa shape index (κ3) is 4.86. The highest BCUT2D eigenvalue weighted by molar-refractivity contribution is 7.99. The monoisotopic (exact) mass is 486 g/mol. The van der Waals surface area contributed by atoms with E-state index in [9.17, 15) is 22.7 Å². The Balaban J connectivity index is 1.43. The molecule has 1 atom stereocenters. The van der Waals surface area contributed by atoms with Crippen molar-refractivity contribution in [2.75, 3.05) is 16.8 Å². The van der Waals surface area contributed by atoms with Crippen LogP contribution in [-0.4, -0.2) is 40.5 Å². The molecule has 0 radical (unpaired) electrons. The smallest absolute Gasteiger partial charge is 0.273 e. The first-order chi connectivity index (χ1) is 15.8. The molecule has 2 N–H and O–H groups in total. The molecule has 8 nitrogen and oxygen atoms in total. The topological polar surface area (TPSA) is 125 Å². The number of fused-ring (bicyclic) bond motifs is 1. The lowest BCUT2D eigenvalue weighted by Gasteiger charge is -2.15. The van der Waals surface area contributed by atoms with Gasteiger partial charge < -0.3 is 15.0 Å². The quantitative estimate of drug-likeness (QED) is 0.521. The summed E-state index contributed by atoms with van der Waals surface area (Å²) in [7, 11) is -3.54. The summed E-state index contributed by atoms with van der Waals surface area (Å²) < 4.78 is 40.7. The summed E-state index contributed by atoms with van der Waals surface area (Å²) in [5.41, 5.74) is 0.391. The van der Waals surface area contributed by atoms with Crippen LogP contribution in [0.3, 0.4) is 0 Å². The van der Waals surface area contributed by atoms with Crippen LogP contribution in [0.15, 0.2) is 58.7 Å². The van der Waals surface area contributed by atoms with Crippen molar-refractivity contribution in [3.63, 3.8) is 0 Å². The van der Waals surface area contributed by atoms with Crippen molar-refractivity contribution < 1.29 is 22.7 Å². The van der Waals surface area contributed by atoms with Crippen LogP contribution in [0.1, 0.15) is 34.9 Å². The van der Waals surface area contributed by atoms with E-state index in [-0.39, 0.29) is 33.7 Å². The summed E-state index contributed by atoms with van der Waals surface area (Å²) >= 11 is 1.48. The van der Waals surface area contributed by atoms with E-state index in [1.807, 2.05) is 0 Å². The van der Waals surface area contributed by atoms with Gasteiger partial charge in [-0.15, -0.1) is 0 Å². The van der Waals surface area contributed by atoms with Crippen molar-refractivity contribution in [2.45, 2.75) is 28.9 Å². The average molecular weight is 487 g/mol. The third-order valence-electron chi connectivity index (χ3n) is 5.24. The van der Waals surface area contributed by atoms with Crippen LogP contribution in [0.4, 0.5) is 10.1 Å². The second kappa shape index (κ2) is 9.25. The molecule has 0 spiro atoms. The molecule has 1 unspecified atom stereocenters. The summed E-state index contributed by atoms with van der Waals surface area (Å²) in [6.45, 7) is 0.